The average molecular weight is 223 g/mol. The van der Waals surface area contributed by atoms with Gasteiger partial charge in [-0.2, -0.15) is 0 Å². The Balaban J connectivity index is 2.34. The van der Waals surface area contributed by atoms with Gasteiger partial charge in [0.05, 0.1) is 5.02 Å². The lowest BCUT2D eigenvalue weighted by Crippen LogP contribution is -2.05. The van der Waals surface area contributed by atoms with Gasteiger partial charge in [0.15, 0.2) is 0 Å². The van der Waals surface area contributed by atoms with E-state index in [4.69, 9.17) is 27.9 Å². The summed E-state index contributed by atoms with van der Waals surface area (Å²) in [5.41, 5.74) is -0.0541. The zero-order chi connectivity index (χ0) is 8.77. The maximum Gasteiger partial charge on any atom is 0.112 e. The van der Waals surface area contributed by atoms with Crippen LogP contribution < -0.4 is 0 Å². The highest BCUT2D eigenvalue weighted by molar-refractivity contribution is 7.17. The number of rotatable bonds is 2. The second-order valence-electron chi connectivity index (χ2n) is 2.93. The molecule has 1 aromatic rings. The van der Waals surface area contributed by atoms with Gasteiger partial charge in [-0.1, -0.05) is 23.2 Å². The van der Waals surface area contributed by atoms with Crippen LogP contribution in [-0.2, 0) is 10.3 Å². The smallest absolute Gasteiger partial charge is 0.112 e. The Hall–Kier alpha value is 0.240. The van der Waals surface area contributed by atoms with E-state index in [0.29, 0.717) is 9.36 Å². The van der Waals surface area contributed by atoms with Crippen LogP contribution in [0.15, 0.2) is 6.07 Å². The lowest BCUT2D eigenvalue weighted by molar-refractivity contribution is 0.0820. The molecule has 12 heavy (non-hydrogen) atoms. The van der Waals surface area contributed by atoms with Crippen LogP contribution in [0.2, 0.25) is 9.36 Å². The van der Waals surface area contributed by atoms with Crippen LogP contribution in [0.25, 0.3) is 0 Å². The van der Waals surface area contributed by atoms with E-state index in [0.717, 1.165) is 17.7 Å². The Kier molecular flexibility index (Phi) is 2.11. The molecule has 0 amide bonds. The zero-order valence-corrected chi connectivity index (χ0v) is 8.89. The van der Waals surface area contributed by atoms with Crippen molar-refractivity contribution in [1.82, 2.24) is 0 Å². The Morgan fingerprint density at radius 1 is 1.50 bits per heavy atom. The molecule has 4 heteroatoms. The monoisotopic (exact) mass is 222 g/mol. The molecule has 1 aliphatic carbocycles. The van der Waals surface area contributed by atoms with Gasteiger partial charge < -0.3 is 4.74 Å². The van der Waals surface area contributed by atoms with Gasteiger partial charge in [-0.05, 0) is 18.9 Å². The molecule has 66 valence electrons. The maximum absolute atomic E-state index is 5.85. The van der Waals surface area contributed by atoms with Gasteiger partial charge in [0.1, 0.15) is 9.94 Å². The lowest BCUT2D eigenvalue weighted by atomic mass is 10.3. The molecule has 0 atom stereocenters. The Labute approximate surface area is 85.2 Å². The van der Waals surface area contributed by atoms with E-state index in [9.17, 15) is 0 Å². The van der Waals surface area contributed by atoms with Crippen LogP contribution in [-0.4, -0.2) is 7.11 Å². The average Bonchev–Trinajstić information content (AvgIpc) is 2.77. The molecule has 1 saturated carbocycles. The molecule has 2 rings (SSSR count). The molecule has 0 bridgehead atoms. The summed E-state index contributed by atoms with van der Waals surface area (Å²) in [6, 6.07) is 1.91. The van der Waals surface area contributed by atoms with Crippen molar-refractivity contribution in [2.75, 3.05) is 7.11 Å². The third-order valence-electron chi connectivity index (χ3n) is 2.19. The van der Waals surface area contributed by atoms with Crippen LogP contribution >= 0.6 is 34.5 Å². The first kappa shape index (κ1) is 8.82. The summed E-state index contributed by atoms with van der Waals surface area (Å²) in [6.07, 6.45) is 2.16. The topological polar surface area (TPSA) is 9.23 Å². The molecule has 0 N–H and O–H groups in total. The van der Waals surface area contributed by atoms with Crippen LogP contribution in [0.3, 0.4) is 0 Å². The van der Waals surface area contributed by atoms with Crippen LogP contribution in [0.4, 0.5) is 0 Å². The molecule has 1 nitrogen and oxygen atoms in total. The normalized spacial score (nSPS) is 19.6. The summed E-state index contributed by atoms with van der Waals surface area (Å²) in [6.45, 7) is 0. The lowest BCUT2D eigenvalue weighted by Gasteiger charge is -2.09. The van der Waals surface area contributed by atoms with E-state index in [1.165, 1.54) is 11.3 Å². The minimum absolute atomic E-state index is 0.0541. The van der Waals surface area contributed by atoms with Crippen LogP contribution in [0.5, 0.6) is 0 Å². The summed E-state index contributed by atoms with van der Waals surface area (Å²) in [7, 11) is 1.73. The van der Waals surface area contributed by atoms with Crippen molar-refractivity contribution >= 4 is 34.5 Å². The molecule has 1 aromatic heterocycles. The number of methoxy groups -OCH3 is 1. The molecule has 0 saturated heterocycles. The molecular weight excluding hydrogens is 215 g/mol. The predicted molar refractivity (Wildman–Crippen MR) is 52.3 cm³/mol. The standard InChI is InChI=1S/C8H8Cl2OS/c1-11-8(2-3-8)6-4-5(9)7(10)12-6/h4H,2-3H2,1H3. The molecule has 0 radical (unpaired) electrons. The predicted octanol–water partition coefficient (Wildman–Crippen LogP) is 3.69. The summed E-state index contributed by atoms with van der Waals surface area (Å²) >= 11 is 13.2. The van der Waals surface area contributed by atoms with Crippen LogP contribution in [0, 0.1) is 0 Å². The summed E-state index contributed by atoms with van der Waals surface area (Å²) in [5.74, 6) is 0. The number of ether oxygens (including phenoxy) is 1. The van der Waals surface area contributed by atoms with Gasteiger partial charge in [-0.3, -0.25) is 0 Å². The Bertz CT molecular complexity index is 285. The van der Waals surface area contributed by atoms with Gasteiger partial charge >= 0.3 is 0 Å². The highest BCUT2D eigenvalue weighted by Gasteiger charge is 2.46. The van der Waals surface area contributed by atoms with Crippen molar-refractivity contribution in [1.29, 1.82) is 0 Å². The molecule has 1 aliphatic rings. The van der Waals surface area contributed by atoms with Gasteiger partial charge in [0.2, 0.25) is 0 Å². The van der Waals surface area contributed by atoms with E-state index >= 15 is 0 Å². The van der Waals surface area contributed by atoms with E-state index in [1.54, 1.807) is 7.11 Å². The minimum atomic E-state index is -0.0541. The van der Waals surface area contributed by atoms with Crippen molar-refractivity contribution in [2.45, 2.75) is 18.4 Å². The second-order valence-corrected chi connectivity index (χ2v) is 4.99. The molecule has 1 heterocycles. The molecule has 0 aromatic carbocycles. The van der Waals surface area contributed by atoms with Gasteiger partial charge in [-0.15, -0.1) is 11.3 Å². The first-order valence-electron chi connectivity index (χ1n) is 3.68. The quantitative estimate of drug-likeness (QED) is 0.742. The zero-order valence-electron chi connectivity index (χ0n) is 6.56. The van der Waals surface area contributed by atoms with Crippen molar-refractivity contribution in [2.24, 2.45) is 0 Å². The van der Waals surface area contributed by atoms with Gasteiger partial charge in [-0.25, -0.2) is 0 Å². The number of thiophene rings is 1. The fourth-order valence-electron chi connectivity index (χ4n) is 1.24. The first-order chi connectivity index (χ1) is 5.68. The van der Waals surface area contributed by atoms with Gasteiger partial charge in [0, 0.05) is 12.0 Å². The van der Waals surface area contributed by atoms with Crippen molar-refractivity contribution in [3.63, 3.8) is 0 Å². The fourth-order valence-corrected chi connectivity index (χ4v) is 2.83. The molecule has 0 spiro atoms. The fraction of sp³-hybridized carbons (Fsp3) is 0.500. The first-order valence-corrected chi connectivity index (χ1v) is 5.26. The number of hydrogen-bond donors (Lipinski definition) is 0. The second kappa shape index (κ2) is 2.88. The van der Waals surface area contributed by atoms with E-state index in [1.807, 2.05) is 6.07 Å². The summed E-state index contributed by atoms with van der Waals surface area (Å²) in [4.78, 5) is 1.15. The Morgan fingerprint density at radius 2 is 2.17 bits per heavy atom. The van der Waals surface area contributed by atoms with Gasteiger partial charge in [0.25, 0.3) is 0 Å². The molecular formula is C8H8Cl2OS. The molecule has 0 unspecified atom stereocenters. The third kappa shape index (κ3) is 1.27. The van der Waals surface area contributed by atoms with Crippen molar-refractivity contribution < 1.29 is 4.74 Å². The number of hydrogen-bond acceptors (Lipinski definition) is 2. The SMILES string of the molecule is COC1(c2cc(Cl)c(Cl)s2)CC1. The number of halogens is 2. The third-order valence-corrected chi connectivity index (χ3v) is 4.24. The molecule has 0 aliphatic heterocycles. The van der Waals surface area contributed by atoms with Crippen molar-refractivity contribution in [3.05, 3.63) is 20.3 Å². The summed E-state index contributed by atoms with van der Waals surface area (Å²) in [5, 5.41) is 0.639. The van der Waals surface area contributed by atoms with E-state index in [2.05, 4.69) is 0 Å². The van der Waals surface area contributed by atoms with Crippen molar-refractivity contribution in [3.8, 4) is 0 Å². The summed E-state index contributed by atoms with van der Waals surface area (Å²) < 4.78 is 6.06. The van der Waals surface area contributed by atoms with E-state index < -0.39 is 0 Å². The maximum atomic E-state index is 5.85. The largest absolute Gasteiger partial charge is 0.373 e. The Morgan fingerprint density at radius 3 is 2.50 bits per heavy atom. The minimum Gasteiger partial charge on any atom is -0.373 e. The highest BCUT2D eigenvalue weighted by atomic mass is 35.5. The highest BCUT2D eigenvalue weighted by Crippen LogP contribution is 2.52. The van der Waals surface area contributed by atoms with Crippen LogP contribution in [0.1, 0.15) is 17.7 Å². The molecule has 1 fully saturated rings. The van der Waals surface area contributed by atoms with E-state index in [-0.39, 0.29) is 5.60 Å².